The van der Waals surface area contributed by atoms with Crippen LogP contribution in [-0.4, -0.2) is 0 Å². The molecule has 68 valence electrons. The predicted octanol–water partition coefficient (Wildman–Crippen LogP) is 3.63. The molecular weight excluding hydrogens is 271 g/mol. The zero-order valence-corrected chi connectivity index (χ0v) is 10.1. The van der Waals surface area contributed by atoms with Crippen LogP contribution in [-0.2, 0) is 4.43 Å². The molecule has 1 aromatic rings. The van der Waals surface area contributed by atoms with Crippen molar-refractivity contribution in [3.63, 3.8) is 0 Å². The molecule has 1 aromatic carbocycles. The van der Waals surface area contributed by atoms with E-state index in [1.165, 1.54) is 5.56 Å². The zero-order valence-electron chi connectivity index (χ0n) is 7.97. The number of hydrogen-bond acceptors (Lipinski definition) is 0. The standard InChI is InChI=1S/C12H13I/c1-10(2)6-7-11-4-3-5-12(8-11)9-13/h3-5,8,10H,9H2,1-2H3. The van der Waals surface area contributed by atoms with Gasteiger partial charge in [-0.05, 0) is 17.7 Å². The largest absolute Gasteiger partial charge is 0.0951 e. The second-order valence-electron chi connectivity index (χ2n) is 3.26. The summed E-state index contributed by atoms with van der Waals surface area (Å²) >= 11 is 2.36. The molecular formula is C12H13I. The molecule has 0 saturated heterocycles. The van der Waals surface area contributed by atoms with E-state index < -0.39 is 0 Å². The Morgan fingerprint density at radius 1 is 1.38 bits per heavy atom. The fourth-order valence-electron chi connectivity index (χ4n) is 0.960. The third-order valence-corrected chi connectivity index (χ3v) is 2.47. The van der Waals surface area contributed by atoms with Crippen molar-refractivity contribution in [2.75, 3.05) is 0 Å². The quantitative estimate of drug-likeness (QED) is 0.420. The fraction of sp³-hybridized carbons (Fsp3) is 0.333. The molecule has 0 N–H and O–H groups in total. The first-order chi connectivity index (χ1) is 6.22. The lowest BCUT2D eigenvalue weighted by Gasteiger charge is -1.95. The number of alkyl halides is 1. The highest BCUT2D eigenvalue weighted by Gasteiger charge is 1.90. The second kappa shape index (κ2) is 5.29. The van der Waals surface area contributed by atoms with Gasteiger partial charge in [-0.1, -0.05) is 60.4 Å². The van der Waals surface area contributed by atoms with Gasteiger partial charge in [0, 0.05) is 15.9 Å². The number of halogens is 1. The summed E-state index contributed by atoms with van der Waals surface area (Å²) in [7, 11) is 0. The van der Waals surface area contributed by atoms with Crippen molar-refractivity contribution in [2.24, 2.45) is 5.92 Å². The highest BCUT2D eigenvalue weighted by Crippen LogP contribution is 2.08. The van der Waals surface area contributed by atoms with Crippen LogP contribution in [0.2, 0.25) is 0 Å². The molecule has 0 aliphatic heterocycles. The molecule has 0 aliphatic carbocycles. The van der Waals surface area contributed by atoms with Gasteiger partial charge in [0.15, 0.2) is 0 Å². The smallest absolute Gasteiger partial charge is 0.0248 e. The maximum absolute atomic E-state index is 3.17. The number of hydrogen-bond donors (Lipinski definition) is 0. The van der Waals surface area contributed by atoms with Crippen molar-refractivity contribution in [3.05, 3.63) is 35.4 Å². The predicted molar refractivity (Wildman–Crippen MR) is 65.9 cm³/mol. The highest BCUT2D eigenvalue weighted by molar-refractivity contribution is 14.1. The maximum atomic E-state index is 3.17. The van der Waals surface area contributed by atoms with Crippen LogP contribution in [0.1, 0.15) is 25.0 Å². The van der Waals surface area contributed by atoms with E-state index in [1.54, 1.807) is 0 Å². The molecule has 0 amide bonds. The summed E-state index contributed by atoms with van der Waals surface area (Å²) in [5, 5.41) is 0. The Bertz CT molecular complexity index is 328. The van der Waals surface area contributed by atoms with Gasteiger partial charge in [-0.2, -0.15) is 0 Å². The lowest BCUT2D eigenvalue weighted by Crippen LogP contribution is -1.82. The van der Waals surface area contributed by atoms with Crippen LogP contribution in [0.15, 0.2) is 24.3 Å². The van der Waals surface area contributed by atoms with Crippen molar-refractivity contribution in [1.82, 2.24) is 0 Å². The first-order valence-electron chi connectivity index (χ1n) is 4.39. The first-order valence-corrected chi connectivity index (χ1v) is 5.91. The SMILES string of the molecule is CC(C)C#Cc1cccc(CI)c1. The minimum absolute atomic E-state index is 0.447. The summed E-state index contributed by atoms with van der Waals surface area (Å²) in [5.74, 6) is 6.77. The minimum atomic E-state index is 0.447. The monoisotopic (exact) mass is 284 g/mol. The van der Waals surface area contributed by atoms with Crippen LogP contribution in [0.3, 0.4) is 0 Å². The van der Waals surface area contributed by atoms with Crippen LogP contribution >= 0.6 is 22.6 Å². The summed E-state index contributed by atoms with van der Waals surface area (Å²) in [5.41, 5.74) is 2.47. The van der Waals surface area contributed by atoms with E-state index >= 15 is 0 Å². The molecule has 0 unspecified atom stereocenters. The van der Waals surface area contributed by atoms with E-state index in [4.69, 9.17) is 0 Å². The Hall–Kier alpha value is -0.490. The van der Waals surface area contributed by atoms with Crippen LogP contribution in [0, 0.1) is 17.8 Å². The molecule has 0 spiro atoms. The molecule has 0 saturated carbocycles. The molecule has 0 aliphatic rings. The van der Waals surface area contributed by atoms with Crippen molar-refractivity contribution in [1.29, 1.82) is 0 Å². The fourth-order valence-corrected chi connectivity index (χ4v) is 1.43. The van der Waals surface area contributed by atoms with Gasteiger partial charge >= 0.3 is 0 Å². The third kappa shape index (κ3) is 3.82. The molecule has 13 heavy (non-hydrogen) atoms. The first kappa shape index (κ1) is 10.6. The van der Waals surface area contributed by atoms with Crippen LogP contribution < -0.4 is 0 Å². The van der Waals surface area contributed by atoms with E-state index in [1.807, 2.05) is 0 Å². The Morgan fingerprint density at radius 3 is 2.77 bits per heavy atom. The van der Waals surface area contributed by atoms with E-state index in [-0.39, 0.29) is 0 Å². The highest BCUT2D eigenvalue weighted by atomic mass is 127. The van der Waals surface area contributed by atoms with Crippen LogP contribution in [0.4, 0.5) is 0 Å². The van der Waals surface area contributed by atoms with E-state index in [0.29, 0.717) is 5.92 Å². The van der Waals surface area contributed by atoms with Crippen LogP contribution in [0.5, 0.6) is 0 Å². The summed E-state index contributed by atoms with van der Waals surface area (Å²) in [6, 6.07) is 8.42. The molecule has 0 nitrogen and oxygen atoms in total. The molecule has 0 fully saturated rings. The zero-order chi connectivity index (χ0) is 9.68. The summed E-state index contributed by atoms with van der Waals surface area (Å²) in [6.45, 7) is 4.21. The third-order valence-electron chi connectivity index (χ3n) is 1.59. The van der Waals surface area contributed by atoms with Gasteiger partial charge < -0.3 is 0 Å². The second-order valence-corrected chi connectivity index (χ2v) is 4.02. The number of benzene rings is 1. The summed E-state index contributed by atoms with van der Waals surface area (Å²) < 4.78 is 1.05. The Balaban J connectivity index is 2.85. The lowest BCUT2D eigenvalue weighted by molar-refractivity contribution is 0.866. The molecule has 0 heterocycles. The van der Waals surface area contributed by atoms with Crippen molar-refractivity contribution < 1.29 is 0 Å². The maximum Gasteiger partial charge on any atom is 0.0248 e. The molecule has 0 aromatic heterocycles. The van der Waals surface area contributed by atoms with E-state index in [2.05, 4.69) is 72.5 Å². The topological polar surface area (TPSA) is 0 Å². The van der Waals surface area contributed by atoms with Gasteiger partial charge in [-0.25, -0.2) is 0 Å². The van der Waals surface area contributed by atoms with Gasteiger partial charge in [0.1, 0.15) is 0 Å². The lowest BCUT2D eigenvalue weighted by atomic mass is 10.1. The average molecular weight is 284 g/mol. The summed E-state index contributed by atoms with van der Waals surface area (Å²) in [4.78, 5) is 0. The van der Waals surface area contributed by atoms with Gasteiger partial charge in [0.25, 0.3) is 0 Å². The Morgan fingerprint density at radius 2 is 2.15 bits per heavy atom. The Kier molecular flexibility index (Phi) is 4.31. The van der Waals surface area contributed by atoms with Crippen LogP contribution in [0.25, 0.3) is 0 Å². The van der Waals surface area contributed by atoms with Crippen molar-refractivity contribution in [3.8, 4) is 11.8 Å². The number of rotatable bonds is 1. The molecule has 1 rings (SSSR count). The Labute approximate surface area is 93.9 Å². The minimum Gasteiger partial charge on any atom is -0.0951 e. The van der Waals surface area contributed by atoms with Gasteiger partial charge in [0.2, 0.25) is 0 Å². The van der Waals surface area contributed by atoms with Gasteiger partial charge in [-0.15, -0.1) is 0 Å². The molecule has 1 heteroatoms. The van der Waals surface area contributed by atoms with Crippen molar-refractivity contribution in [2.45, 2.75) is 18.3 Å². The van der Waals surface area contributed by atoms with Gasteiger partial charge in [-0.3, -0.25) is 0 Å². The normalized spacial score (nSPS) is 9.54. The molecule has 0 bridgehead atoms. The summed E-state index contributed by atoms with van der Waals surface area (Å²) in [6.07, 6.45) is 0. The molecule has 0 atom stereocenters. The van der Waals surface area contributed by atoms with E-state index in [0.717, 1.165) is 9.99 Å². The van der Waals surface area contributed by atoms with E-state index in [9.17, 15) is 0 Å². The van der Waals surface area contributed by atoms with Gasteiger partial charge in [0.05, 0.1) is 0 Å². The molecule has 0 radical (unpaired) electrons. The van der Waals surface area contributed by atoms with Crippen molar-refractivity contribution >= 4 is 22.6 Å². The average Bonchev–Trinajstić information content (AvgIpc) is 2.15.